The quantitative estimate of drug-likeness (QED) is 0.496. The molecule has 0 fully saturated rings. The summed E-state index contributed by atoms with van der Waals surface area (Å²) in [4.78, 5) is 11.6. The number of phenols is 2. The van der Waals surface area contributed by atoms with Crippen molar-refractivity contribution in [1.29, 1.82) is 0 Å². The summed E-state index contributed by atoms with van der Waals surface area (Å²) >= 11 is 0. The molecular formula is C15H15N3O3. The Hall–Kier alpha value is -3.02. The van der Waals surface area contributed by atoms with Crippen molar-refractivity contribution in [2.24, 2.45) is 5.10 Å². The van der Waals surface area contributed by atoms with Gasteiger partial charge in [0.25, 0.3) is 5.91 Å². The lowest BCUT2D eigenvalue weighted by Gasteiger charge is -2.04. The van der Waals surface area contributed by atoms with Crippen LogP contribution in [0.25, 0.3) is 0 Å². The molecule has 0 saturated carbocycles. The van der Waals surface area contributed by atoms with E-state index < -0.39 is 0 Å². The lowest BCUT2D eigenvalue weighted by molar-refractivity contribution is -0.119. The highest BCUT2D eigenvalue weighted by Crippen LogP contribution is 2.20. The summed E-state index contributed by atoms with van der Waals surface area (Å²) in [5.74, 6) is -0.468. The second-order valence-corrected chi connectivity index (χ2v) is 4.26. The summed E-state index contributed by atoms with van der Waals surface area (Å²) in [7, 11) is 0. The molecule has 0 radical (unpaired) electrons. The van der Waals surface area contributed by atoms with Gasteiger partial charge in [-0.15, -0.1) is 0 Å². The van der Waals surface area contributed by atoms with Gasteiger partial charge in [0.05, 0.1) is 12.8 Å². The fourth-order valence-corrected chi connectivity index (χ4v) is 1.59. The third kappa shape index (κ3) is 4.54. The van der Waals surface area contributed by atoms with Crippen LogP contribution in [0.1, 0.15) is 5.56 Å². The zero-order valence-corrected chi connectivity index (χ0v) is 11.2. The number of phenolic OH excluding ortho intramolecular Hbond substituents is 2. The van der Waals surface area contributed by atoms with E-state index in [0.29, 0.717) is 5.56 Å². The summed E-state index contributed by atoms with van der Waals surface area (Å²) in [5, 5.41) is 25.4. The van der Waals surface area contributed by atoms with Gasteiger partial charge in [-0.1, -0.05) is 18.2 Å². The summed E-state index contributed by atoms with van der Waals surface area (Å²) in [6, 6.07) is 13.4. The highest BCUT2D eigenvalue weighted by molar-refractivity contribution is 5.86. The molecular weight excluding hydrogens is 270 g/mol. The van der Waals surface area contributed by atoms with Gasteiger partial charge < -0.3 is 15.5 Å². The summed E-state index contributed by atoms with van der Waals surface area (Å²) in [6.07, 6.45) is 1.30. The Balaban J connectivity index is 1.82. The van der Waals surface area contributed by atoms with E-state index in [0.717, 1.165) is 5.69 Å². The van der Waals surface area contributed by atoms with Crippen LogP contribution in [-0.2, 0) is 4.79 Å². The summed E-state index contributed by atoms with van der Waals surface area (Å²) < 4.78 is 0. The highest BCUT2D eigenvalue weighted by Gasteiger charge is 2.01. The monoisotopic (exact) mass is 285 g/mol. The van der Waals surface area contributed by atoms with Crippen LogP contribution in [0.4, 0.5) is 5.69 Å². The Bertz CT molecular complexity index is 642. The minimum atomic E-state index is -0.312. The van der Waals surface area contributed by atoms with Crippen LogP contribution >= 0.6 is 0 Å². The van der Waals surface area contributed by atoms with Crippen molar-refractivity contribution in [3.8, 4) is 11.5 Å². The molecule has 0 heterocycles. The Morgan fingerprint density at radius 3 is 2.62 bits per heavy atom. The van der Waals surface area contributed by atoms with Gasteiger partial charge in [0.15, 0.2) is 0 Å². The normalized spacial score (nSPS) is 10.5. The van der Waals surface area contributed by atoms with Gasteiger partial charge >= 0.3 is 0 Å². The van der Waals surface area contributed by atoms with Crippen LogP contribution in [0.5, 0.6) is 11.5 Å². The fourth-order valence-electron chi connectivity index (χ4n) is 1.59. The first-order valence-corrected chi connectivity index (χ1v) is 6.28. The second kappa shape index (κ2) is 6.95. The number of hydrogen-bond donors (Lipinski definition) is 4. The molecule has 21 heavy (non-hydrogen) atoms. The number of nitrogens with zero attached hydrogens (tertiary/aromatic N) is 1. The molecule has 0 spiro atoms. The molecule has 0 bridgehead atoms. The lowest BCUT2D eigenvalue weighted by atomic mass is 10.2. The van der Waals surface area contributed by atoms with Gasteiger partial charge in [0.2, 0.25) is 0 Å². The van der Waals surface area contributed by atoms with E-state index in [1.54, 1.807) is 0 Å². The lowest BCUT2D eigenvalue weighted by Crippen LogP contribution is -2.25. The first kappa shape index (κ1) is 14.4. The number of para-hydroxylation sites is 1. The SMILES string of the molecule is O=C(CNc1ccccc1)N/N=C\c1ccc(O)cc1O. The van der Waals surface area contributed by atoms with Crippen LogP contribution in [0.15, 0.2) is 53.6 Å². The number of anilines is 1. The molecule has 108 valence electrons. The maximum Gasteiger partial charge on any atom is 0.259 e. The number of amides is 1. The Labute approximate surface area is 121 Å². The Morgan fingerprint density at radius 1 is 1.14 bits per heavy atom. The number of hydrazone groups is 1. The van der Waals surface area contributed by atoms with Gasteiger partial charge in [0, 0.05) is 17.3 Å². The van der Waals surface area contributed by atoms with E-state index in [9.17, 15) is 9.90 Å². The third-order valence-corrected chi connectivity index (χ3v) is 2.63. The molecule has 0 unspecified atom stereocenters. The molecule has 6 heteroatoms. The molecule has 0 saturated heterocycles. The van der Waals surface area contributed by atoms with Gasteiger partial charge in [-0.25, -0.2) is 5.43 Å². The molecule has 0 atom stereocenters. The van der Waals surface area contributed by atoms with E-state index in [4.69, 9.17) is 5.11 Å². The number of aromatic hydroxyl groups is 2. The third-order valence-electron chi connectivity index (χ3n) is 2.63. The Morgan fingerprint density at radius 2 is 1.90 bits per heavy atom. The Kier molecular flexibility index (Phi) is 4.76. The summed E-state index contributed by atoms with van der Waals surface area (Å²) in [5.41, 5.74) is 3.57. The van der Waals surface area contributed by atoms with Gasteiger partial charge in [0.1, 0.15) is 11.5 Å². The van der Waals surface area contributed by atoms with Crippen LogP contribution in [-0.4, -0.2) is 28.9 Å². The molecule has 0 aromatic heterocycles. The van der Waals surface area contributed by atoms with Gasteiger partial charge in [-0.2, -0.15) is 5.10 Å². The molecule has 2 rings (SSSR count). The van der Waals surface area contributed by atoms with Gasteiger partial charge in [-0.3, -0.25) is 4.79 Å². The molecule has 2 aromatic carbocycles. The minimum absolute atomic E-state index is 0.0410. The standard InChI is InChI=1S/C15H15N3O3/c19-13-7-6-11(14(20)8-13)9-17-18-15(21)10-16-12-4-2-1-3-5-12/h1-9,16,19-20H,10H2,(H,18,21)/b17-9-. The first-order valence-electron chi connectivity index (χ1n) is 6.28. The molecule has 0 aliphatic carbocycles. The largest absolute Gasteiger partial charge is 0.508 e. The van der Waals surface area contributed by atoms with E-state index in [-0.39, 0.29) is 24.0 Å². The number of hydrogen-bond acceptors (Lipinski definition) is 5. The smallest absolute Gasteiger partial charge is 0.259 e. The van der Waals surface area contributed by atoms with E-state index in [1.165, 1.54) is 24.4 Å². The molecule has 4 N–H and O–H groups in total. The maximum atomic E-state index is 11.6. The van der Waals surface area contributed by atoms with Crippen molar-refractivity contribution in [3.05, 3.63) is 54.1 Å². The predicted octanol–water partition coefficient (Wildman–Crippen LogP) is 1.66. The number of benzene rings is 2. The van der Waals surface area contributed by atoms with Crippen molar-refractivity contribution in [2.75, 3.05) is 11.9 Å². The first-order chi connectivity index (χ1) is 10.1. The van der Waals surface area contributed by atoms with Crippen molar-refractivity contribution < 1.29 is 15.0 Å². The molecule has 0 aliphatic heterocycles. The zero-order chi connectivity index (χ0) is 15.1. The number of carbonyl (C=O) groups is 1. The number of carbonyl (C=O) groups excluding carboxylic acids is 1. The number of rotatable bonds is 5. The van der Waals surface area contributed by atoms with Crippen molar-refractivity contribution >= 4 is 17.8 Å². The van der Waals surface area contributed by atoms with E-state index in [2.05, 4.69) is 15.8 Å². The van der Waals surface area contributed by atoms with Crippen LogP contribution in [0, 0.1) is 0 Å². The second-order valence-electron chi connectivity index (χ2n) is 4.26. The highest BCUT2D eigenvalue weighted by atomic mass is 16.3. The van der Waals surface area contributed by atoms with E-state index >= 15 is 0 Å². The molecule has 0 aliphatic rings. The molecule has 6 nitrogen and oxygen atoms in total. The zero-order valence-electron chi connectivity index (χ0n) is 11.2. The van der Waals surface area contributed by atoms with Crippen molar-refractivity contribution in [2.45, 2.75) is 0 Å². The molecule has 1 amide bonds. The topological polar surface area (TPSA) is 94.0 Å². The van der Waals surface area contributed by atoms with Crippen LogP contribution < -0.4 is 10.7 Å². The van der Waals surface area contributed by atoms with E-state index in [1.807, 2.05) is 30.3 Å². The van der Waals surface area contributed by atoms with Crippen molar-refractivity contribution in [3.63, 3.8) is 0 Å². The minimum Gasteiger partial charge on any atom is -0.508 e. The average molecular weight is 285 g/mol. The van der Waals surface area contributed by atoms with Crippen molar-refractivity contribution in [1.82, 2.24) is 5.43 Å². The number of nitrogens with one attached hydrogen (secondary N) is 2. The van der Waals surface area contributed by atoms with Gasteiger partial charge in [-0.05, 0) is 24.3 Å². The van der Waals surface area contributed by atoms with Crippen LogP contribution in [0.3, 0.4) is 0 Å². The molecule has 2 aromatic rings. The fraction of sp³-hybridized carbons (Fsp3) is 0.0667. The summed E-state index contributed by atoms with van der Waals surface area (Å²) in [6.45, 7) is 0.0862. The van der Waals surface area contributed by atoms with Crippen LogP contribution in [0.2, 0.25) is 0 Å². The maximum absolute atomic E-state index is 11.6. The average Bonchev–Trinajstić information content (AvgIpc) is 2.48. The predicted molar refractivity (Wildman–Crippen MR) is 80.4 cm³/mol.